The summed E-state index contributed by atoms with van der Waals surface area (Å²) in [6.07, 6.45) is 0. The van der Waals surface area contributed by atoms with Crippen molar-refractivity contribution in [2.75, 3.05) is 18.6 Å². The lowest BCUT2D eigenvalue weighted by molar-refractivity contribution is -0.139. The minimum Gasteiger partial charge on any atom is -0.482 e. The molecule has 0 aliphatic carbocycles. The Morgan fingerprint density at radius 3 is 2.41 bits per heavy atom. The van der Waals surface area contributed by atoms with Crippen molar-refractivity contribution in [1.82, 2.24) is 4.98 Å². The standard InChI is InChI=1S/C15H16N2O4S/c1-9-14(22-10(2)16-9)15(20)17(3)11-4-6-12(7-5-11)21-8-13(18)19/h4-7H,8H2,1-3H3,(H,18,19). The van der Waals surface area contributed by atoms with Crippen LogP contribution in [0, 0.1) is 13.8 Å². The van der Waals surface area contributed by atoms with Gasteiger partial charge >= 0.3 is 5.97 Å². The Kier molecular flexibility index (Phi) is 4.77. The molecule has 0 fully saturated rings. The van der Waals surface area contributed by atoms with Gasteiger partial charge in [0.2, 0.25) is 0 Å². The van der Waals surface area contributed by atoms with E-state index in [9.17, 15) is 9.59 Å². The SMILES string of the molecule is Cc1nc(C)c(C(=O)N(C)c2ccc(OCC(=O)O)cc2)s1. The smallest absolute Gasteiger partial charge is 0.341 e. The summed E-state index contributed by atoms with van der Waals surface area (Å²) in [5.74, 6) is -0.716. The quantitative estimate of drug-likeness (QED) is 0.915. The number of aliphatic carboxylic acids is 1. The van der Waals surface area contributed by atoms with E-state index < -0.39 is 12.6 Å². The summed E-state index contributed by atoms with van der Waals surface area (Å²) in [5, 5.41) is 9.42. The Morgan fingerprint density at radius 1 is 1.27 bits per heavy atom. The van der Waals surface area contributed by atoms with Crippen molar-refractivity contribution in [3.05, 3.63) is 39.8 Å². The van der Waals surface area contributed by atoms with Gasteiger partial charge in [-0.25, -0.2) is 9.78 Å². The number of anilines is 1. The first-order chi connectivity index (χ1) is 10.4. The van der Waals surface area contributed by atoms with E-state index in [2.05, 4.69) is 4.98 Å². The topological polar surface area (TPSA) is 79.7 Å². The molecule has 0 bridgehead atoms. The van der Waals surface area contributed by atoms with Crippen LogP contribution in [0.2, 0.25) is 0 Å². The van der Waals surface area contributed by atoms with Gasteiger partial charge in [-0.3, -0.25) is 4.79 Å². The van der Waals surface area contributed by atoms with Crippen LogP contribution >= 0.6 is 11.3 Å². The Bertz CT molecular complexity index is 694. The normalized spacial score (nSPS) is 10.3. The predicted octanol–water partition coefficient (Wildman–Crippen LogP) is 2.50. The minimum absolute atomic E-state index is 0.123. The first-order valence-corrected chi connectivity index (χ1v) is 7.37. The van der Waals surface area contributed by atoms with Gasteiger partial charge in [0, 0.05) is 12.7 Å². The van der Waals surface area contributed by atoms with Gasteiger partial charge in [0.25, 0.3) is 5.91 Å². The van der Waals surface area contributed by atoms with Crippen LogP contribution in [0.1, 0.15) is 20.4 Å². The van der Waals surface area contributed by atoms with Crippen molar-refractivity contribution in [2.45, 2.75) is 13.8 Å². The highest BCUT2D eigenvalue weighted by molar-refractivity contribution is 7.13. The largest absolute Gasteiger partial charge is 0.482 e. The number of carboxylic acids is 1. The van der Waals surface area contributed by atoms with Crippen LogP contribution in [0.5, 0.6) is 5.75 Å². The monoisotopic (exact) mass is 320 g/mol. The van der Waals surface area contributed by atoms with Crippen molar-refractivity contribution in [3.8, 4) is 5.75 Å². The Morgan fingerprint density at radius 2 is 1.91 bits per heavy atom. The summed E-state index contributed by atoms with van der Waals surface area (Å²) in [6, 6.07) is 6.68. The van der Waals surface area contributed by atoms with Gasteiger partial charge in [0.15, 0.2) is 6.61 Å². The van der Waals surface area contributed by atoms with Crippen molar-refractivity contribution in [2.24, 2.45) is 0 Å². The predicted molar refractivity (Wildman–Crippen MR) is 83.9 cm³/mol. The summed E-state index contributed by atoms with van der Waals surface area (Å²) >= 11 is 1.37. The van der Waals surface area contributed by atoms with E-state index >= 15 is 0 Å². The molecule has 22 heavy (non-hydrogen) atoms. The van der Waals surface area contributed by atoms with Crippen LogP contribution in [-0.2, 0) is 4.79 Å². The number of aromatic nitrogens is 1. The minimum atomic E-state index is -1.03. The third-order valence-electron chi connectivity index (χ3n) is 2.99. The molecule has 0 radical (unpaired) electrons. The van der Waals surface area contributed by atoms with Gasteiger partial charge in [-0.1, -0.05) is 0 Å². The van der Waals surface area contributed by atoms with E-state index in [-0.39, 0.29) is 5.91 Å². The highest BCUT2D eigenvalue weighted by Crippen LogP contribution is 2.24. The second-order valence-electron chi connectivity index (χ2n) is 4.69. The molecule has 0 atom stereocenters. The maximum Gasteiger partial charge on any atom is 0.341 e. The molecule has 1 aromatic carbocycles. The number of hydrogen-bond acceptors (Lipinski definition) is 5. The van der Waals surface area contributed by atoms with Crippen LogP contribution in [-0.4, -0.2) is 35.6 Å². The van der Waals surface area contributed by atoms with Crippen LogP contribution < -0.4 is 9.64 Å². The fraction of sp³-hybridized carbons (Fsp3) is 0.267. The van der Waals surface area contributed by atoms with Crippen molar-refractivity contribution in [1.29, 1.82) is 0 Å². The van der Waals surface area contributed by atoms with Crippen LogP contribution in [0.25, 0.3) is 0 Å². The maximum atomic E-state index is 12.5. The molecule has 1 N–H and O–H groups in total. The molecule has 0 aliphatic heterocycles. The van der Waals surface area contributed by atoms with Crippen molar-refractivity contribution < 1.29 is 19.4 Å². The number of nitrogens with zero attached hydrogens (tertiary/aromatic N) is 2. The van der Waals surface area contributed by atoms with Crippen molar-refractivity contribution >= 4 is 28.9 Å². The average molecular weight is 320 g/mol. The molecule has 1 aromatic heterocycles. The van der Waals surface area contributed by atoms with E-state index in [4.69, 9.17) is 9.84 Å². The summed E-state index contributed by atoms with van der Waals surface area (Å²) < 4.78 is 5.06. The number of aryl methyl sites for hydroxylation is 2. The zero-order chi connectivity index (χ0) is 16.3. The number of ether oxygens (including phenoxy) is 1. The molecule has 2 rings (SSSR count). The number of carbonyl (C=O) groups excluding carboxylic acids is 1. The van der Waals surface area contributed by atoms with Gasteiger partial charge in [-0.05, 0) is 38.1 Å². The highest BCUT2D eigenvalue weighted by atomic mass is 32.1. The highest BCUT2D eigenvalue weighted by Gasteiger charge is 2.19. The second kappa shape index (κ2) is 6.57. The average Bonchev–Trinajstić information content (AvgIpc) is 2.83. The zero-order valence-electron chi connectivity index (χ0n) is 12.5. The molecule has 7 heteroatoms. The third kappa shape index (κ3) is 3.62. The molecule has 6 nitrogen and oxygen atoms in total. The van der Waals surface area contributed by atoms with E-state index in [0.717, 1.165) is 10.7 Å². The van der Waals surface area contributed by atoms with Gasteiger partial charge in [-0.2, -0.15) is 0 Å². The molecular weight excluding hydrogens is 304 g/mol. The molecule has 1 heterocycles. The lowest BCUT2D eigenvalue weighted by Gasteiger charge is -2.17. The molecule has 0 spiro atoms. The molecule has 0 saturated carbocycles. The second-order valence-corrected chi connectivity index (χ2v) is 5.89. The fourth-order valence-corrected chi connectivity index (χ4v) is 2.81. The van der Waals surface area contributed by atoms with E-state index in [0.29, 0.717) is 16.3 Å². The number of rotatable bonds is 5. The first kappa shape index (κ1) is 16.0. The molecule has 116 valence electrons. The van der Waals surface area contributed by atoms with Crippen LogP contribution in [0.4, 0.5) is 5.69 Å². The number of thiazole rings is 1. The Labute approximate surface area is 132 Å². The van der Waals surface area contributed by atoms with Gasteiger partial charge in [-0.15, -0.1) is 11.3 Å². The van der Waals surface area contributed by atoms with Gasteiger partial charge in [0.05, 0.1) is 10.7 Å². The summed E-state index contributed by atoms with van der Waals surface area (Å²) in [7, 11) is 1.68. The summed E-state index contributed by atoms with van der Waals surface area (Å²) in [6.45, 7) is 3.28. The van der Waals surface area contributed by atoms with E-state index in [1.807, 2.05) is 13.8 Å². The number of benzene rings is 1. The lowest BCUT2D eigenvalue weighted by Crippen LogP contribution is -2.26. The third-order valence-corrected chi connectivity index (χ3v) is 4.05. The van der Waals surface area contributed by atoms with Crippen LogP contribution in [0.15, 0.2) is 24.3 Å². The molecule has 0 unspecified atom stereocenters. The number of carbonyl (C=O) groups is 2. The van der Waals surface area contributed by atoms with Crippen LogP contribution in [0.3, 0.4) is 0 Å². The van der Waals surface area contributed by atoms with Gasteiger partial charge in [0.1, 0.15) is 10.6 Å². The maximum absolute atomic E-state index is 12.5. The van der Waals surface area contributed by atoms with Crippen molar-refractivity contribution in [3.63, 3.8) is 0 Å². The number of amides is 1. The number of carboxylic acid groups (broad SMARTS) is 1. The summed E-state index contributed by atoms with van der Waals surface area (Å²) in [5.41, 5.74) is 1.42. The Balaban J connectivity index is 2.12. The molecular formula is C15H16N2O4S. The Hall–Kier alpha value is -2.41. The molecule has 0 aliphatic rings. The zero-order valence-corrected chi connectivity index (χ0v) is 13.3. The molecule has 0 saturated heterocycles. The molecule has 1 amide bonds. The van der Waals surface area contributed by atoms with E-state index in [1.165, 1.54) is 16.2 Å². The molecule has 2 aromatic rings. The fourth-order valence-electron chi connectivity index (χ4n) is 1.91. The summed E-state index contributed by atoms with van der Waals surface area (Å²) in [4.78, 5) is 29.3. The lowest BCUT2D eigenvalue weighted by atomic mass is 10.2. The van der Waals surface area contributed by atoms with Gasteiger partial charge < -0.3 is 14.7 Å². The first-order valence-electron chi connectivity index (χ1n) is 6.55. The number of hydrogen-bond donors (Lipinski definition) is 1. The van der Waals surface area contributed by atoms with E-state index in [1.54, 1.807) is 31.3 Å².